The molecule has 10 nitrogen and oxygen atoms in total. The van der Waals surface area contributed by atoms with Crippen molar-refractivity contribution in [3.05, 3.63) is 16.2 Å². The second-order valence-electron chi connectivity index (χ2n) is 4.07. The molecule has 0 aromatic carbocycles. The van der Waals surface area contributed by atoms with Gasteiger partial charge in [-0.25, -0.2) is 25.9 Å². The van der Waals surface area contributed by atoms with Crippen LogP contribution in [0.3, 0.4) is 0 Å². The third kappa shape index (κ3) is 4.34. The molecule has 0 aliphatic rings. The highest BCUT2D eigenvalue weighted by Gasteiger charge is 2.25. The summed E-state index contributed by atoms with van der Waals surface area (Å²) < 4.78 is 49.4. The number of nitrogens with one attached hydrogen (secondary N) is 1. The maximum absolute atomic E-state index is 11.9. The number of nitrogen functional groups attached to an aromatic ring is 1. The highest BCUT2D eigenvalue weighted by atomic mass is 32.2. The molecule has 0 saturated carbocycles. The summed E-state index contributed by atoms with van der Waals surface area (Å²) in [4.78, 5) is 9.82. The number of sulfonamides is 2. The maximum atomic E-state index is 11.9. The zero-order valence-corrected chi connectivity index (χ0v) is 13.6. The molecular formula is C8H14N4O6S3. The van der Waals surface area contributed by atoms with Crippen LogP contribution in [0.4, 0.5) is 10.7 Å². The SMILES string of the molecule is CN(C)S(=O)(=O)CCNS(=O)(=O)c1cc([N+](=O)[O-])c(N)s1. The van der Waals surface area contributed by atoms with Crippen molar-refractivity contribution >= 4 is 42.1 Å². The smallest absolute Gasteiger partial charge is 0.304 e. The minimum absolute atomic E-state index is 0.235. The molecule has 0 saturated heterocycles. The van der Waals surface area contributed by atoms with Crippen molar-refractivity contribution in [1.29, 1.82) is 0 Å². The van der Waals surface area contributed by atoms with E-state index in [0.717, 1.165) is 10.4 Å². The number of nitrogens with zero attached hydrogens (tertiary/aromatic N) is 2. The van der Waals surface area contributed by atoms with Crippen LogP contribution in [-0.2, 0) is 20.0 Å². The van der Waals surface area contributed by atoms with Gasteiger partial charge in [0.05, 0.1) is 10.7 Å². The van der Waals surface area contributed by atoms with E-state index in [4.69, 9.17) is 5.73 Å². The molecule has 0 aliphatic heterocycles. The predicted molar refractivity (Wildman–Crippen MR) is 78.0 cm³/mol. The first kappa shape index (κ1) is 17.8. The molecule has 3 N–H and O–H groups in total. The van der Waals surface area contributed by atoms with Crippen molar-refractivity contribution < 1.29 is 21.8 Å². The Morgan fingerprint density at radius 2 is 1.95 bits per heavy atom. The largest absolute Gasteiger partial charge is 0.385 e. The minimum atomic E-state index is -4.04. The van der Waals surface area contributed by atoms with Gasteiger partial charge >= 0.3 is 5.69 Å². The van der Waals surface area contributed by atoms with Gasteiger partial charge in [-0.2, -0.15) is 0 Å². The van der Waals surface area contributed by atoms with Crippen LogP contribution in [0, 0.1) is 10.1 Å². The van der Waals surface area contributed by atoms with Crippen LogP contribution in [-0.4, -0.2) is 52.5 Å². The molecule has 1 aromatic heterocycles. The first-order chi connectivity index (χ1) is 9.47. The molecule has 1 rings (SSSR count). The van der Waals surface area contributed by atoms with E-state index in [2.05, 4.69) is 4.72 Å². The Labute approximate surface area is 125 Å². The van der Waals surface area contributed by atoms with Gasteiger partial charge in [0.15, 0.2) is 5.00 Å². The van der Waals surface area contributed by atoms with Crippen molar-refractivity contribution in [2.45, 2.75) is 4.21 Å². The average molecular weight is 358 g/mol. The molecule has 0 unspecified atom stereocenters. The third-order valence-electron chi connectivity index (χ3n) is 2.39. The molecule has 0 amide bonds. The summed E-state index contributed by atoms with van der Waals surface area (Å²) in [7, 11) is -4.93. The van der Waals surface area contributed by atoms with Crippen molar-refractivity contribution in [1.82, 2.24) is 9.03 Å². The molecule has 0 spiro atoms. The van der Waals surface area contributed by atoms with Gasteiger partial charge in [0.2, 0.25) is 20.0 Å². The number of rotatable bonds is 7. The summed E-state index contributed by atoms with van der Waals surface area (Å²) in [5.74, 6) is -0.428. The Morgan fingerprint density at radius 3 is 2.38 bits per heavy atom. The molecule has 1 aromatic rings. The van der Waals surface area contributed by atoms with Gasteiger partial charge in [-0.3, -0.25) is 10.1 Å². The van der Waals surface area contributed by atoms with Crippen molar-refractivity contribution in [3.8, 4) is 0 Å². The fourth-order valence-corrected chi connectivity index (χ4v) is 4.35. The lowest BCUT2D eigenvalue weighted by Gasteiger charge is -2.11. The number of thiophene rings is 1. The monoisotopic (exact) mass is 358 g/mol. The third-order valence-corrected chi connectivity index (χ3v) is 7.11. The lowest BCUT2D eigenvalue weighted by molar-refractivity contribution is -0.383. The normalized spacial score (nSPS) is 12.7. The lowest BCUT2D eigenvalue weighted by Crippen LogP contribution is -2.33. The zero-order chi connectivity index (χ0) is 16.4. The van der Waals surface area contributed by atoms with Gasteiger partial charge in [-0.15, -0.1) is 0 Å². The second-order valence-corrected chi connectivity index (χ2v) is 9.45. The Balaban J connectivity index is 2.84. The van der Waals surface area contributed by atoms with E-state index in [1.54, 1.807) is 0 Å². The van der Waals surface area contributed by atoms with Crippen LogP contribution in [0.15, 0.2) is 10.3 Å². The van der Waals surface area contributed by atoms with E-state index in [1.807, 2.05) is 0 Å². The van der Waals surface area contributed by atoms with Gasteiger partial charge in [-0.1, -0.05) is 11.3 Å². The van der Waals surface area contributed by atoms with Gasteiger partial charge in [0, 0.05) is 26.7 Å². The summed E-state index contributed by atoms with van der Waals surface area (Å²) >= 11 is 0.540. The summed E-state index contributed by atoms with van der Waals surface area (Å²) in [5, 5.41) is 10.4. The van der Waals surface area contributed by atoms with Gasteiger partial charge < -0.3 is 5.73 Å². The quantitative estimate of drug-likeness (QED) is 0.488. The number of anilines is 1. The van der Waals surface area contributed by atoms with Gasteiger partial charge in [0.25, 0.3) is 0 Å². The number of hydrogen-bond acceptors (Lipinski definition) is 8. The van der Waals surface area contributed by atoms with Crippen molar-refractivity contribution in [3.63, 3.8) is 0 Å². The Morgan fingerprint density at radius 1 is 1.38 bits per heavy atom. The standard InChI is InChI=1S/C8H14N4O6S3/c1-11(2)20(15,16)4-3-10-21(17,18)7-5-6(12(13)14)8(9)19-7/h5,10H,3-4,9H2,1-2H3. The molecule has 0 aliphatic carbocycles. The Bertz CT molecular complexity index is 736. The van der Waals surface area contributed by atoms with Crippen LogP contribution < -0.4 is 10.5 Å². The van der Waals surface area contributed by atoms with Crippen LogP contribution in [0.5, 0.6) is 0 Å². The van der Waals surface area contributed by atoms with Crippen molar-refractivity contribution in [2.75, 3.05) is 32.1 Å². The summed E-state index contributed by atoms with van der Waals surface area (Å²) in [5.41, 5.74) is 4.86. The summed E-state index contributed by atoms with van der Waals surface area (Å²) in [6, 6.07) is 0.836. The van der Waals surface area contributed by atoms with E-state index in [0.29, 0.717) is 11.3 Å². The highest BCUT2D eigenvalue weighted by Crippen LogP contribution is 2.34. The average Bonchev–Trinajstić information content (AvgIpc) is 2.71. The highest BCUT2D eigenvalue weighted by molar-refractivity contribution is 7.92. The number of nitro groups is 1. The predicted octanol–water partition coefficient (Wildman–Crippen LogP) is -0.592. The zero-order valence-electron chi connectivity index (χ0n) is 11.1. The Hall–Kier alpha value is -1.28. The van der Waals surface area contributed by atoms with Crippen LogP contribution in [0.1, 0.15) is 0 Å². The maximum Gasteiger partial charge on any atom is 0.304 e. The number of hydrogen-bond donors (Lipinski definition) is 2. The van der Waals surface area contributed by atoms with Crippen LogP contribution in [0.25, 0.3) is 0 Å². The fraction of sp³-hybridized carbons (Fsp3) is 0.500. The van der Waals surface area contributed by atoms with E-state index in [9.17, 15) is 26.9 Å². The van der Waals surface area contributed by atoms with Gasteiger partial charge in [-0.05, 0) is 0 Å². The molecule has 0 atom stereocenters. The molecule has 0 radical (unpaired) electrons. The van der Waals surface area contributed by atoms with Crippen LogP contribution in [0.2, 0.25) is 0 Å². The van der Waals surface area contributed by atoms with E-state index >= 15 is 0 Å². The number of nitrogens with two attached hydrogens (primary N) is 1. The lowest BCUT2D eigenvalue weighted by atomic mass is 10.5. The molecule has 120 valence electrons. The van der Waals surface area contributed by atoms with Crippen molar-refractivity contribution in [2.24, 2.45) is 0 Å². The molecule has 13 heteroatoms. The summed E-state index contributed by atoms with van der Waals surface area (Å²) in [6.45, 7) is -0.353. The minimum Gasteiger partial charge on any atom is -0.385 e. The van der Waals surface area contributed by atoms with Crippen LogP contribution >= 0.6 is 11.3 Å². The second kappa shape index (κ2) is 6.23. The fourth-order valence-electron chi connectivity index (χ4n) is 1.21. The van der Waals surface area contributed by atoms with E-state index < -0.39 is 36.4 Å². The molecule has 1 heterocycles. The molecule has 0 fully saturated rings. The molecular weight excluding hydrogens is 344 g/mol. The van der Waals surface area contributed by atoms with E-state index in [1.165, 1.54) is 14.1 Å². The molecule has 0 bridgehead atoms. The summed E-state index contributed by atoms with van der Waals surface area (Å²) in [6.07, 6.45) is 0. The Kier molecular flexibility index (Phi) is 5.27. The first-order valence-electron chi connectivity index (χ1n) is 5.41. The molecule has 21 heavy (non-hydrogen) atoms. The van der Waals surface area contributed by atoms with E-state index in [-0.39, 0.29) is 15.8 Å². The first-order valence-corrected chi connectivity index (χ1v) is 9.32. The van der Waals surface area contributed by atoms with Gasteiger partial charge in [0.1, 0.15) is 4.21 Å². The topological polar surface area (TPSA) is 153 Å².